The largest absolute Gasteiger partial charge is 0.478 e. The Morgan fingerprint density at radius 3 is 2.78 bits per heavy atom. The molecule has 0 atom stereocenters. The lowest BCUT2D eigenvalue weighted by atomic mass is 10.1. The van der Waals surface area contributed by atoms with Gasteiger partial charge in [-0.1, -0.05) is 6.07 Å². The fourth-order valence-electron chi connectivity index (χ4n) is 3.19. The molecular weight excluding hydrogens is 348 g/mol. The number of carbonyl (C=O) groups is 2. The van der Waals surface area contributed by atoms with E-state index in [4.69, 9.17) is 0 Å². The van der Waals surface area contributed by atoms with Crippen LogP contribution in [0.2, 0.25) is 0 Å². The van der Waals surface area contributed by atoms with Gasteiger partial charge in [-0.3, -0.25) is 9.48 Å². The Hall–Kier alpha value is -3.16. The summed E-state index contributed by atoms with van der Waals surface area (Å²) in [7, 11) is 1.30. The van der Waals surface area contributed by atoms with Gasteiger partial charge in [0.2, 0.25) is 0 Å². The van der Waals surface area contributed by atoms with Crippen LogP contribution >= 0.6 is 0 Å². The van der Waals surface area contributed by atoms with Crippen LogP contribution in [0.4, 0.5) is 0 Å². The van der Waals surface area contributed by atoms with Gasteiger partial charge in [-0.05, 0) is 30.4 Å². The molecule has 3 aromatic rings. The summed E-state index contributed by atoms with van der Waals surface area (Å²) in [5.74, 6) is -0.792. The molecule has 8 heteroatoms. The normalized spacial score (nSPS) is 13.8. The number of carbonyl (C=O) groups excluding carboxylic acids is 1. The molecule has 0 radical (unpaired) electrons. The number of methoxy groups -OCH3 is 1. The highest BCUT2D eigenvalue weighted by Gasteiger charge is 2.24. The number of aromatic nitrogens is 4. The molecule has 0 aromatic carbocycles. The van der Waals surface area contributed by atoms with Crippen LogP contribution in [0.5, 0.6) is 0 Å². The zero-order chi connectivity index (χ0) is 19.0. The summed E-state index contributed by atoms with van der Waals surface area (Å²) in [6.45, 7) is 0.360. The first-order valence-electron chi connectivity index (χ1n) is 8.87. The zero-order valence-electron chi connectivity index (χ0n) is 15.0. The number of esters is 1. The Labute approximate surface area is 155 Å². The van der Waals surface area contributed by atoms with E-state index in [0.29, 0.717) is 18.2 Å². The van der Waals surface area contributed by atoms with Crippen molar-refractivity contribution < 1.29 is 19.4 Å². The maximum absolute atomic E-state index is 11.5. The SMILES string of the molecule is COC(=O)CCc1nn(Cc2cn3cc(C4CC4)ccc3n2)cc1C(=O)O. The second-order valence-electron chi connectivity index (χ2n) is 6.80. The molecule has 1 fully saturated rings. The van der Waals surface area contributed by atoms with Gasteiger partial charge in [-0.2, -0.15) is 5.10 Å². The van der Waals surface area contributed by atoms with E-state index in [0.717, 1.165) is 11.3 Å². The summed E-state index contributed by atoms with van der Waals surface area (Å²) in [6, 6.07) is 4.12. The molecule has 0 bridgehead atoms. The van der Waals surface area contributed by atoms with Crippen LogP contribution in [0.25, 0.3) is 5.65 Å². The second-order valence-corrected chi connectivity index (χ2v) is 6.80. The van der Waals surface area contributed by atoms with Gasteiger partial charge in [0.05, 0.1) is 31.5 Å². The van der Waals surface area contributed by atoms with Crippen molar-refractivity contribution in [2.75, 3.05) is 7.11 Å². The van der Waals surface area contributed by atoms with E-state index in [-0.39, 0.29) is 18.4 Å². The molecule has 8 nitrogen and oxygen atoms in total. The Balaban J connectivity index is 1.55. The third-order valence-corrected chi connectivity index (χ3v) is 4.76. The molecular formula is C19H20N4O4. The van der Waals surface area contributed by atoms with Crippen LogP contribution in [0.3, 0.4) is 0 Å². The molecule has 140 valence electrons. The summed E-state index contributed by atoms with van der Waals surface area (Å²) in [6.07, 6.45) is 8.33. The maximum Gasteiger partial charge on any atom is 0.339 e. The number of hydrogen-bond acceptors (Lipinski definition) is 5. The molecule has 1 aliphatic carbocycles. The number of aryl methyl sites for hydroxylation is 1. The van der Waals surface area contributed by atoms with Crippen LogP contribution in [0.15, 0.2) is 30.7 Å². The fourth-order valence-corrected chi connectivity index (χ4v) is 3.19. The molecule has 27 heavy (non-hydrogen) atoms. The van der Waals surface area contributed by atoms with Crippen molar-refractivity contribution in [1.82, 2.24) is 19.2 Å². The van der Waals surface area contributed by atoms with E-state index in [1.807, 2.05) is 16.7 Å². The summed E-state index contributed by atoms with van der Waals surface area (Å²) < 4.78 is 8.16. The predicted molar refractivity (Wildman–Crippen MR) is 95.8 cm³/mol. The highest BCUT2D eigenvalue weighted by atomic mass is 16.5. The topological polar surface area (TPSA) is 98.7 Å². The van der Waals surface area contributed by atoms with Gasteiger partial charge < -0.3 is 14.2 Å². The third kappa shape index (κ3) is 3.69. The van der Waals surface area contributed by atoms with E-state index in [9.17, 15) is 14.7 Å². The first kappa shape index (κ1) is 17.3. The number of nitrogens with zero attached hydrogens (tertiary/aromatic N) is 4. The minimum absolute atomic E-state index is 0.0894. The summed E-state index contributed by atoms with van der Waals surface area (Å²) in [5.41, 5.74) is 3.43. The molecule has 1 N–H and O–H groups in total. The van der Waals surface area contributed by atoms with Gasteiger partial charge in [0, 0.05) is 25.0 Å². The molecule has 3 heterocycles. The average molecular weight is 368 g/mol. The molecule has 0 amide bonds. The number of hydrogen-bond donors (Lipinski definition) is 1. The first-order valence-corrected chi connectivity index (χ1v) is 8.87. The summed E-state index contributed by atoms with van der Waals surface area (Å²) in [4.78, 5) is 27.4. The van der Waals surface area contributed by atoms with Crippen molar-refractivity contribution >= 4 is 17.6 Å². The van der Waals surface area contributed by atoms with Gasteiger partial charge in [-0.15, -0.1) is 0 Å². The zero-order valence-corrected chi connectivity index (χ0v) is 15.0. The number of imidazole rings is 1. The fraction of sp³-hybridized carbons (Fsp3) is 0.368. The van der Waals surface area contributed by atoms with Gasteiger partial charge in [-0.25, -0.2) is 9.78 Å². The van der Waals surface area contributed by atoms with Crippen LogP contribution in [0.1, 0.15) is 52.5 Å². The molecule has 0 spiro atoms. The Kier molecular flexibility index (Phi) is 4.39. The average Bonchev–Trinajstić information content (AvgIpc) is 3.30. The van der Waals surface area contributed by atoms with Crippen LogP contribution in [-0.4, -0.2) is 43.3 Å². The third-order valence-electron chi connectivity index (χ3n) is 4.76. The van der Waals surface area contributed by atoms with Crippen LogP contribution < -0.4 is 0 Å². The van der Waals surface area contributed by atoms with Crippen LogP contribution in [-0.2, 0) is 22.5 Å². The predicted octanol–water partition coefficient (Wildman–Crippen LogP) is 2.26. The number of pyridine rings is 1. The second kappa shape index (κ2) is 6.86. The number of aromatic carboxylic acids is 1. The van der Waals surface area contributed by atoms with Crippen molar-refractivity contribution in [3.05, 3.63) is 53.2 Å². The minimum atomic E-state index is -1.06. The van der Waals surface area contributed by atoms with Gasteiger partial charge in [0.25, 0.3) is 0 Å². The minimum Gasteiger partial charge on any atom is -0.478 e. The highest BCUT2D eigenvalue weighted by molar-refractivity contribution is 5.88. The van der Waals surface area contributed by atoms with E-state index in [2.05, 4.69) is 27.1 Å². The van der Waals surface area contributed by atoms with Crippen molar-refractivity contribution in [3.8, 4) is 0 Å². The molecule has 0 saturated heterocycles. The molecule has 0 aliphatic heterocycles. The van der Waals surface area contributed by atoms with Crippen molar-refractivity contribution in [3.63, 3.8) is 0 Å². The lowest BCUT2D eigenvalue weighted by Gasteiger charge is -1.99. The maximum atomic E-state index is 11.5. The highest BCUT2D eigenvalue weighted by Crippen LogP contribution is 2.39. The monoisotopic (exact) mass is 368 g/mol. The Morgan fingerprint density at radius 1 is 1.26 bits per heavy atom. The van der Waals surface area contributed by atoms with Gasteiger partial charge in [0.15, 0.2) is 0 Å². The van der Waals surface area contributed by atoms with Crippen molar-refractivity contribution in [2.24, 2.45) is 0 Å². The Morgan fingerprint density at radius 2 is 2.07 bits per heavy atom. The summed E-state index contributed by atoms with van der Waals surface area (Å²) >= 11 is 0. The number of carboxylic acids is 1. The van der Waals surface area contributed by atoms with E-state index < -0.39 is 11.9 Å². The van der Waals surface area contributed by atoms with E-state index in [1.54, 1.807) is 4.68 Å². The molecule has 3 aromatic heterocycles. The molecule has 4 rings (SSSR count). The van der Waals surface area contributed by atoms with Crippen LogP contribution in [0, 0.1) is 0 Å². The number of fused-ring (bicyclic) bond motifs is 1. The lowest BCUT2D eigenvalue weighted by molar-refractivity contribution is -0.140. The van der Waals surface area contributed by atoms with E-state index in [1.165, 1.54) is 31.7 Å². The lowest BCUT2D eigenvalue weighted by Crippen LogP contribution is -2.06. The van der Waals surface area contributed by atoms with Crippen molar-refractivity contribution in [1.29, 1.82) is 0 Å². The smallest absolute Gasteiger partial charge is 0.339 e. The quantitative estimate of drug-likeness (QED) is 0.642. The number of rotatable bonds is 7. The number of ether oxygens (including phenoxy) is 1. The summed E-state index contributed by atoms with van der Waals surface area (Å²) in [5, 5.41) is 13.7. The van der Waals surface area contributed by atoms with Gasteiger partial charge >= 0.3 is 11.9 Å². The molecule has 1 aliphatic rings. The molecule has 0 unspecified atom stereocenters. The van der Waals surface area contributed by atoms with Crippen molar-refractivity contribution in [2.45, 2.75) is 38.1 Å². The standard InChI is InChI=1S/C19H20N4O4/c1-27-18(24)7-5-16-15(19(25)26)11-23(21-16)10-14-9-22-8-13(12-2-3-12)4-6-17(22)20-14/h4,6,8-9,11-12H,2-3,5,7,10H2,1H3,(H,25,26). The number of carboxylic acid groups (broad SMARTS) is 1. The molecule has 1 saturated carbocycles. The van der Waals surface area contributed by atoms with Gasteiger partial charge in [0.1, 0.15) is 11.2 Å². The van der Waals surface area contributed by atoms with E-state index >= 15 is 0 Å². The Bertz CT molecular complexity index is 1020. The first-order chi connectivity index (χ1) is 13.0.